The molecule has 3 rings (SSSR count). The topological polar surface area (TPSA) is 38.3 Å². The highest BCUT2D eigenvalue weighted by Crippen LogP contribution is 2.23. The van der Waals surface area contributed by atoms with Gasteiger partial charge < -0.3 is 10.1 Å². The van der Waals surface area contributed by atoms with Gasteiger partial charge in [-0.15, -0.1) is 0 Å². The summed E-state index contributed by atoms with van der Waals surface area (Å²) >= 11 is 0. The molecule has 1 heterocycles. The van der Waals surface area contributed by atoms with E-state index >= 15 is 0 Å². The molecule has 0 bridgehead atoms. The van der Waals surface area contributed by atoms with E-state index in [9.17, 15) is 4.79 Å². The minimum atomic E-state index is -0.595. The minimum absolute atomic E-state index is 0.0369. The Morgan fingerprint density at radius 1 is 1.06 bits per heavy atom. The van der Waals surface area contributed by atoms with Gasteiger partial charge in [-0.2, -0.15) is 0 Å². The quantitative estimate of drug-likeness (QED) is 0.819. The van der Waals surface area contributed by atoms with Gasteiger partial charge in [0.2, 0.25) is 5.78 Å². The van der Waals surface area contributed by atoms with Gasteiger partial charge in [0.25, 0.3) is 0 Å². The van der Waals surface area contributed by atoms with Crippen LogP contribution in [0.3, 0.4) is 0 Å². The second-order valence-corrected chi connectivity index (χ2v) is 4.22. The van der Waals surface area contributed by atoms with Gasteiger partial charge in [0, 0.05) is 16.8 Å². The molecule has 0 spiro atoms. The molecule has 0 saturated carbocycles. The third kappa shape index (κ3) is 2.00. The maximum atomic E-state index is 12.2. The Morgan fingerprint density at radius 2 is 1.78 bits per heavy atom. The molecular weight excluding hydrogens is 226 g/mol. The Balaban J connectivity index is 1.82. The molecule has 0 amide bonds. The summed E-state index contributed by atoms with van der Waals surface area (Å²) < 4.78 is 5.56. The van der Waals surface area contributed by atoms with Crippen LogP contribution < -0.4 is 5.32 Å². The summed E-state index contributed by atoms with van der Waals surface area (Å²) in [5.41, 5.74) is 2.71. The molecule has 0 aromatic heterocycles. The van der Waals surface area contributed by atoms with Crippen LogP contribution in [0.15, 0.2) is 54.6 Å². The molecular formula is C15H13NO2. The number of rotatable bonds is 2. The maximum Gasteiger partial charge on any atom is 0.212 e. The van der Waals surface area contributed by atoms with Crippen LogP contribution in [0.5, 0.6) is 0 Å². The largest absolute Gasteiger partial charge is 0.353 e. The zero-order chi connectivity index (χ0) is 12.4. The van der Waals surface area contributed by atoms with E-state index in [1.54, 1.807) is 12.1 Å². The van der Waals surface area contributed by atoms with E-state index in [0.717, 1.165) is 11.3 Å². The molecule has 1 atom stereocenters. The van der Waals surface area contributed by atoms with Gasteiger partial charge >= 0.3 is 0 Å². The smallest absolute Gasteiger partial charge is 0.212 e. The lowest BCUT2D eigenvalue weighted by Gasteiger charge is -2.26. The second-order valence-electron chi connectivity index (χ2n) is 4.22. The highest BCUT2D eigenvalue weighted by Gasteiger charge is 2.25. The zero-order valence-electron chi connectivity index (χ0n) is 9.80. The summed E-state index contributed by atoms with van der Waals surface area (Å²) in [5, 5.41) is 3.12. The molecule has 2 aromatic rings. The van der Waals surface area contributed by atoms with E-state index in [1.165, 1.54) is 0 Å². The summed E-state index contributed by atoms with van der Waals surface area (Å²) in [6.45, 7) is 0.465. The molecule has 0 radical (unpaired) electrons. The minimum Gasteiger partial charge on any atom is -0.353 e. The van der Waals surface area contributed by atoms with Crippen molar-refractivity contribution in [2.75, 3.05) is 5.32 Å². The first-order chi connectivity index (χ1) is 8.84. The van der Waals surface area contributed by atoms with Gasteiger partial charge in [-0.05, 0) is 6.07 Å². The molecule has 0 unspecified atom stereocenters. The van der Waals surface area contributed by atoms with Crippen molar-refractivity contribution in [3.05, 3.63) is 65.7 Å². The third-order valence-corrected chi connectivity index (χ3v) is 3.01. The SMILES string of the molecule is O=C(c1ccccc1)[C@H]1Nc2ccccc2CO1. The molecule has 3 heteroatoms. The fourth-order valence-corrected chi connectivity index (χ4v) is 2.04. The molecule has 0 fully saturated rings. The van der Waals surface area contributed by atoms with E-state index in [2.05, 4.69) is 5.32 Å². The van der Waals surface area contributed by atoms with Crippen LogP contribution in [0.25, 0.3) is 0 Å². The van der Waals surface area contributed by atoms with Crippen molar-refractivity contribution in [3.63, 3.8) is 0 Å². The molecule has 1 N–H and O–H groups in total. The van der Waals surface area contributed by atoms with Gasteiger partial charge in [0.1, 0.15) is 0 Å². The Morgan fingerprint density at radius 3 is 2.61 bits per heavy atom. The second kappa shape index (κ2) is 4.63. The van der Waals surface area contributed by atoms with Crippen LogP contribution in [0.4, 0.5) is 5.69 Å². The number of anilines is 1. The first kappa shape index (κ1) is 11.0. The monoisotopic (exact) mass is 239 g/mol. The number of benzene rings is 2. The van der Waals surface area contributed by atoms with Gasteiger partial charge in [-0.3, -0.25) is 4.79 Å². The van der Waals surface area contributed by atoms with Crippen molar-refractivity contribution >= 4 is 11.5 Å². The lowest BCUT2D eigenvalue weighted by molar-refractivity contribution is 0.0404. The van der Waals surface area contributed by atoms with Crippen LogP contribution in [0.1, 0.15) is 15.9 Å². The zero-order valence-corrected chi connectivity index (χ0v) is 9.80. The number of carbonyl (C=O) groups is 1. The first-order valence-electron chi connectivity index (χ1n) is 5.90. The summed E-state index contributed by atoms with van der Waals surface area (Å²) in [6, 6.07) is 17.1. The molecule has 3 nitrogen and oxygen atoms in total. The van der Waals surface area contributed by atoms with Gasteiger partial charge in [-0.1, -0.05) is 48.5 Å². The predicted molar refractivity (Wildman–Crippen MR) is 69.4 cm³/mol. The molecule has 0 aliphatic carbocycles. The summed E-state index contributed by atoms with van der Waals surface area (Å²) in [6.07, 6.45) is -0.595. The number of carbonyl (C=O) groups excluding carboxylic acids is 1. The van der Waals surface area contributed by atoms with Gasteiger partial charge in [0.05, 0.1) is 6.61 Å². The van der Waals surface area contributed by atoms with E-state index in [0.29, 0.717) is 12.2 Å². The van der Waals surface area contributed by atoms with Crippen molar-refractivity contribution in [2.24, 2.45) is 0 Å². The Kier molecular flexibility index (Phi) is 2.82. The number of nitrogens with one attached hydrogen (secondary N) is 1. The van der Waals surface area contributed by atoms with Crippen LogP contribution in [-0.2, 0) is 11.3 Å². The van der Waals surface area contributed by atoms with Crippen LogP contribution in [-0.4, -0.2) is 12.0 Å². The van der Waals surface area contributed by atoms with Crippen molar-refractivity contribution in [1.29, 1.82) is 0 Å². The van der Waals surface area contributed by atoms with E-state index in [-0.39, 0.29) is 5.78 Å². The number of Topliss-reactive ketones (excluding diaryl/α,β-unsaturated/α-hetero) is 1. The van der Waals surface area contributed by atoms with Gasteiger partial charge in [-0.25, -0.2) is 0 Å². The van der Waals surface area contributed by atoms with Gasteiger partial charge in [0.15, 0.2) is 6.23 Å². The molecule has 1 aliphatic heterocycles. The van der Waals surface area contributed by atoms with Crippen LogP contribution in [0.2, 0.25) is 0 Å². The lowest BCUT2D eigenvalue weighted by atomic mass is 10.1. The molecule has 18 heavy (non-hydrogen) atoms. The summed E-state index contributed by atoms with van der Waals surface area (Å²) in [5.74, 6) is -0.0369. The number of ketones is 1. The maximum absolute atomic E-state index is 12.2. The Labute approximate surface area is 105 Å². The number of hydrogen-bond acceptors (Lipinski definition) is 3. The third-order valence-electron chi connectivity index (χ3n) is 3.01. The Hall–Kier alpha value is -2.13. The average molecular weight is 239 g/mol. The van der Waals surface area contributed by atoms with Crippen molar-refractivity contribution in [1.82, 2.24) is 0 Å². The number of para-hydroxylation sites is 1. The fourth-order valence-electron chi connectivity index (χ4n) is 2.04. The van der Waals surface area contributed by atoms with E-state index < -0.39 is 6.23 Å². The lowest BCUT2D eigenvalue weighted by Crippen LogP contribution is -2.35. The predicted octanol–water partition coefficient (Wildman–Crippen LogP) is 2.84. The van der Waals surface area contributed by atoms with Crippen LogP contribution >= 0.6 is 0 Å². The average Bonchev–Trinajstić information content (AvgIpc) is 2.47. The fraction of sp³-hybridized carbons (Fsp3) is 0.133. The van der Waals surface area contributed by atoms with Crippen LogP contribution in [0, 0.1) is 0 Å². The first-order valence-corrected chi connectivity index (χ1v) is 5.90. The Bertz CT molecular complexity index is 566. The van der Waals surface area contributed by atoms with Crippen molar-refractivity contribution in [2.45, 2.75) is 12.8 Å². The molecule has 1 aliphatic rings. The van der Waals surface area contributed by atoms with E-state index in [1.807, 2.05) is 42.5 Å². The van der Waals surface area contributed by atoms with Crippen molar-refractivity contribution in [3.8, 4) is 0 Å². The summed E-state index contributed by atoms with van der Waals surface area (Å²) in [7, 11) is 0. The molecule has 90 valence electrons. The number of hydrogen-bond donors (Lipinski definition) is 1. The highest BCUT2D eigenvalue weighted by molar-refractivity contribution is 6.00. The standard InChI is InChI=1S/C15H13NO2/c17-14(11-6-2-1-3-7-11)15-16-13-9-5-4-8-12(13)10-18-15/h1-9,15-16H,10H2/t15-/m0/s1. The highest BCUT2D eigenvalue weighted by atomic mass is 16.5. The molecule has 2 aromatic carbocycles. The summed E-state index contributed by atoms with van der Waals surface area (Å²) in [4.78, 5) is 12.2. The number of ether oxygens (including phenoxy) is 1. The molecule has 0 saturated heterocycles. The number of fused-ring (bicyclic) bond motifs is 1. The normalized spacial score (nSPS) is 17.7. The van der Waals surface area contributed by atoms with E-state index in [4.69, 9.17) is 4.74 Å². The van der Waals surface area contributed by atoms with Crippen molar-refractivity contribution < 1.29 is 9.53 Å².